The molecular formula is C9H8O2. The van der Waals surface area contributed by atoms with Gasteiger partial charge in [0.05, 0.1) is 0 Å². The Labute approximate surface area is 64.5 Å². The summed E-state index contributed by atoms with van der Waals surface area (Å²) in [5.41, 5.74) is 1.64. The summed E-state index contributed by atoms with van der Waals surface area (Å²) in [6.07, 6.45) is -0.318. The number of aliphatic hydroxyl groups excluding tert-OH is 1. The minimum atomic E-state index is -0.799. The first-order chi connectivity index (χ1) is 5.29. The van der Waals surface area contributed by atoms with E-state index in [1.165, 1.54) is 0 Å². The van der Waals surface area contributed by atoms with Gasteiger partial charge in [0.25, 0.3) is 0 Å². The van der Waals surface area contributed by atoms with Gasteiger partial charge in [0.15, 0.2) is 5.78 Å². The van der Waals surface area contributed by atoms with Gasteiger partial charge in [0, 0.05) is 12.0 Å². The lowest BCUT2D eigenvalue weighted by Gasteiger charge is -1.93. The Kier molecular flexibility index (Phi) is 1.29. The molecule has 0 radical (unpaired) electrons. The van der Waals surface area contributed by atoms with E-state index in [1.54, 1.807) is 6.07 Å². The van der Waals surface area contributed by atoms with E-state index in [-0.39, 0.29) is 5.78 Å². The summed E-state index contributed by atoms with van der Waals surface area (Å²) in [5.74, 6) is -0.138. The molecule has 0 bridgehead atoms. The Balaban J connectivity index is 2.55. The van der Waals surface area contributed by atoms with E-state index < -0.39 is 6.10 Å². The molecule has 1 atom stereocenters. The van der Waals surface area contributed by atoms with Gasteiger partial charge in [-0.3, -0.25) is 4.79 Å². The van der Waals surface area contributed by atoms with Crippen LogP contribution in [0.2, 0.25) is 0 Å². The molecule has 1 aliphatic carbocycles. The summed E-state index contributed by atoms with van der Waals surface area (Å²) >= 11 is 0. The summed E-state index contributed by atoms with van der Waals surface area (Å²) in [4.78, 5) is 11.1. The highest BCUT2D eigenvalue weighted by atomic mass is 16.3. The van der Waals surface area contributed by atoms with Crippen molar-refractivity contribution < 1.29 is 9.90 Å². The van der Waals surface area contributed by atoms with Crippen LogP contribution in [0.3, 0.4) is 0 Å². The molecule has 0 heterocycles. The number of carbonyl (C=O) groups excluding carboxylic acids is 1. The predicted molar refractivity (Wildman–Crippen MR) is 40.5 cm³/mol. The number of aliphatic hydroxyl groups is 1. The van der Waals surface area contributed by atoms with Crippen molar-refractivity contribution in [2.24, 2.45) is 0 Å². The third-order valence-electron chi connectivity index (χ3n) is 2.00. The zero-order valence-electron chi connectivity index (χ0n) is 5.95. The minimum Gasteiger partial charge on any atom is -0.385 e. The molecule has 0 saturated heterocycles. The molecule has 0 spiro atoms. The average Bonchev–Trinajstić information content (AvgIpc) is 2.30. The van der Waals surface area contributed by atoms with Gasteiger partial charge in [0.2, 0.25) is 0 Å². The lowest BCUT2D eigenvalue weighted by Crippen LogP contribution is -2.13. The number of Topliss-reactive ketones (excluding diaryl/α,β-unsaturated/α-hetero) is 1. The molecule has 0 unspecified atom stereocenters. The molecule has 0 fully saturated rings. The highest BCUT2D eigenvalue weighted by Crippen LogP contribution is 2.21. The van der Waals surface area contributed by atoms with Crippen molar-refractivity contribution in [1.82, 2.24) is 0 Å². The third-order valence-corrected chi connectivity index (χ3v) is 2.00. The van der Waals surface area contributed by atoms with Crippen molar-refractivity contribution >= 4 is 5.78 Å². The maximum atomic E-state index is 11.1. The molecule has 2 heteroatoms. The van der Waals surface area contributed by atoms with E-state index in [9.17, 15) is 4.79 Å². The smallest absolute Gasteiger partial charge is 0.191 e. The van der Waals surface area contributed by atoms with E-state index >= 15 is 0 Å². The van der Waals surface area contributed by atoms with Crippen molar-refractivity contribution in [2.75, 3.05) is 0 Å². The van der Waals surface area contributed by atoms with Crippen LogP contribution < -0.4 is 0 Å². The van der Waals surface area contributed by atoms with E-state index in [0.29, 0.717) is 12.0 Å². The second kappa shape index (κ2) is 2.17. The van der Waals surface area contributed by atoms with Crippen LogP contribution in [0.4, 0.5) is 0 Å². The van der Waals surface area contributed by atoms with Gasteiger partial charge in [-0.2, -0.15) is 0 Å². The quantitative estimate of drug-likeness (QED) is 0.590. The highest BCUT2D eigenvalue weighted by Gasteiger charge is 2.27. The number of carbonyl (C=O) groups is 1. The van der Waals surface area contributed by atoms with E-state index in [4.69, 9.17) is 5.11 Å². The Bertz CT molecular complexity index is 304. The Hall–Kier alpha value is -1.15. The van der Waals surface area contributed by atoms with Gasteiger partial charge in [-0.05, 0) is 5.56 Å². The number of ketones is 1. The van der Waals surface area contributed by atoms with Gasteiger partial charge in [-0.25, -0.2) is 0 Å². The molecule has 2 nitrogen and oxygen atoms in total. The zero-order valence-corrected chi connectivity index (χ0v) is 5.95. The molecule has 11 heavy (non-hydrogen) atoms. The molecule has 1 N–H and O–H groups in total. The number of benzene rings is 1. The Morgan fingerprint density at radius 1 is 1.36 bits per heavy atom. The summed E-state index contributed by atoms with van der Waals surface area (Å²) < 4.78 is 0. The summed E-state index contributed by atoms with van der Waals surface area (Å²) in [7, 11) is 0. The van der Waals surface area contributed by atoms with E-state index in [1.807, 2.05) is 18.2 Å². The summed E-state index contributed by atoms with van der Waals surface area (Å²) in [6.45, 7) is 0. The van der Waals surface area contributed by atoms with Crippen LogP contribution in [0.5, 0.6) is 0 Å². The molecule has 0 saturated carbocycles. The van der Waals surface area contributed by atoms with Crippen molar-refractivity contribution in [2.45, 2.75) is 12.5 Å². The van der Waals surface area contributed by atoms with Crippen molar-refractivity contribution in [1.29, 1.82) is 0 Å². The first-order valence-electron chi connectivity index (χ1n) is 3.59. The fourth-order valence-corrected chi connectivity index (χ4v) is 1.42. The number of fused-ring (bicyclic) bond motifs is 1. The van der Waals surface area contributed by atoms with Crippen LogP contribution in [0.1, 0.15) is 15.9 Å². The molecular weight excluding hydrogens is 140 g/mol. The topological polar surface area (TPSA) is 37.3 Å². The molecule has 1 aromatic carbocycles. The second-order valence-electron chi connectivity index (χ2n) is 2.74. The largest absolute Gasteiger partial charge is 0.385 e. The normalized spacial score (nSPS) is 21.9. The minimum absolute atomic E-state index is 0.138. The monoisotopic (exact) mass is 148 g/mol. The lowest BCUT2D eigenvalue weighted by molar-refractivity contribution is 0.0780. The van der Waals surface area contributed by atoms with Gasteiger partial charge in [-0.1, -0.05) is 24.3 Å². The first kappa shape index (κ1) is 6.55. The summed E-state index contributed by atoms with van der Waals surface area (Å²) in [6, 6.07) is 7.33. The van der Waals surface area contributed by atoms with E-state index in [0.717, 1.165) is 5.56 Å². The number of hydrogen-bond donors (Lipinski definition) is 1. The fraction of sp³-hybridized carbons (Fsp3) is 0.222. The molecule has 0 aromatic heterocycles. The SMILES string of the molecule is O=C1c2ccccc2C[C@H]1O. The molecule has 2 rings (SSSR count). The first-order valence-corrected chi connectivity index (χ1v) is 3.59. The molecule has 1 aliphatic rings. The van der Waals surface area contributed by atoms with Crippen LogP contribution in [-0.4, -0.2) is 17.0 Å². The van der Waals surface area contributed by atoms with Gasteiger partial charge in [-0.15, -0.1) is 0 Å². The van der Waals surface area contributed by atoms with Gasteiger partial charge < -0.3 is 5.11 Å². The molecule has 0 amide bonds. The van der Waals surface area contributed by atoms with Gasteiger partial charge in [0.1, 0.15) is 6.10 Å². The number of hydrogen-bond acceptors (Lipinski definition) is 2. The highest BCUT2D eigenvalue weighted by molar-refractivity contribution is 6.03. The standard InChI is InChI=1S/C9H8O2/c10-8-5-6-3-1-2-4-7(6)9(8)11/h1-4,8,10H,5H2/t8-/m1/s1. The van der Waals surface area contributed by atoms with Crippen LogP contribution >= 0.6 is 0 Å². The van der Waals surface area contributed by atoms with Gasteiger partial charge >= 0.3 is 0 Å². The maximum Gasteiger partial charge on any atom is 0.191 e. The second-order valence-corrected chi connectivity index (χ2v) is 2.74. The predicted octanol–water partition coefficient (Wildman–Crippen LogP) is 0.786. The average molecular weight is 148 g/mol. The van der Waals surface area contributed by atoms with E-state index in [2.05, 4.69) is 0 Å². The third kappa shape index (κ3) is 0.870. The Morgan fingerprint density at radius 2 is 2.09 bits per heavy atom. The Morgan fingerprint density at radius 3 is 2.82 bits per heavy atom. The zero-order chi connectivity index (χ0) is 7.84. The van der Waals surface area contributed by atoms with Crippen LogP contribution in [-0.2, 0) is 6.42 Å². The number of rotatable bonds is 0. The molecule has 0 aliphatic heterocycles. The lowest BCUT2D eigenvalue weighted by atomic mass is 10.1. The van der Waals surface area contributed by atoms with Crippen LogP contribution in [0.25, 0.3) is 0 Å². The van der Waals surface area contributed by atoms with Crippen molar-refractivity contribution in [3.8, 4) is 0 Å². The van der Waals surface area contributed by atoms with Crippen LogP contribution in [0, 0.1) is 0 Å². The maximum absolute atomic E-state index is 11.1. The van der Waals surface area contributed by atoms with Crippen molar-refractivity contribution in [3.63, 3.8) is 0 Å². The van der Waals surface area contributed by atoms with Crippen molar-refractivity contribution in [3.05, 3.63) is 35.4 Å². The fourth-order valence-electron chi connectivity index (χ4n) is 1.42. The molecule has 56 valence electrons. The molecule has 1 aromatic rings. The summed E-state index contributed by atoms with van der Waals surface area (Å²) in [5, 5.41) is 9.17. The van der Waals surface area contributed by atoms with Crippen LogP contribution in [0.15, 0.2) is 24.3 Å².